The highest BCUT2D eigenvalue weighted by molar-refractivity contribution is 5.26. The van der Waals surface area contributed by atoms with Gasteiger partial charge in [-0.2, -0.15) is 0 Å². The summed E-state index contributed by atoms with van der Waals surface area (Å²) in [6.45, 7) is 10.9. The van der Waals surface area contributed by atoms with Gasteiger partial charge in [0.2, 0.25) is 0 Å². The van der Waals surface area contributed by atoms with Gasteiger partial charge in [-0.1, -0.05) is 51.0 Å². The lowest BCUT2D eigenvalue weighted by molar-refractivity contribution is -0.146. The summed E-state index contributed by atoms with van der Waals surface area (Å²) >= 11 is 0. The van der Waals surface area contributed by atoms with Crippen LogP contribution in [0.5, 0.6) is 0 Å². The predicted octanol–water partition coefficient (Wildman–Crippen LogP) is 5.02. The molecule has 0 amide bonds. The number of hydrogen-bond acceptors (Lipinski definition) is 3. The van der Waals surface area contributed by atoms with E-state index < -0.39 is 5.79 Å². The van der Waals surface area contributed by atoms with E-state index in [4.69, 9.17) is 20.6 Å². The van der Waals surface area contributed by atoms with E-state index in [0.29, 0.717) is 19.6 Å². The molecule has 0 radical (unpaired) electrons. The Morgan fingerprint density at radius 3 is 2.54 bits per heavy atom. The Bertz CT molecular complexity index is 431. The molecule has 1 fully saturated rings. The molecule has 1 rings (SSSR count). The SMILES string of the molecule is C#C/C(=C\COCC=C)C[C@H]1OC(C)(C)O[C@@H]1CCCCCCC. The molecule has 1 heterocycles. The standard InChI is InChI=1S/C21H34O3/c1-6-9-10-11-12-13-19-20(24-21(4,5)23-19)17-18(8-3)14-16-22-15-7-2/h3,7,14,19-20H,2,6,9-13,15-17H2,1,4-5H3/b18-14+/t19-,20-/m1/s1. The third-order valence-electron chi connectivity index (χ3n) is 4.17. The van der Waals surface area contributed by atoms with Gasteiger partial charge >= 0.3 is 0 Å². The average Bonchev–Trinajstić information content (AvgIpc) is 2.84. The molecule has 0 aromatic carbocycles. The molecular weight excluding hydrogens is 300 g/mol. The third kappa shape index (κ3) is 8.15. The second-order valence-corrected chi connectivity index (χ2v) is 6.82. The second kappa shape index (κ2) is 11.5. The van der Waals surface area contributed by atoms with Crippen LogP contribution in [-0.2, 0) is 14.2 Å². The predicted molar refractivity (Wildman–Crippen MR) is 99.8 cm³/mol. The molecule has 0 bridgehead atoms. The van der Waals surface area contributed by atoms with E-state index in [1.165, 1.54) is 32.1 Å². The number of rotatable bonds is 12. The topological polar surface area (TPSA) is 27.7 Å². The smallest absolute Gasteiger partial charge is 0.163 e. The summed E-state index contributed by atoms with van der Waals surface area (Å²) in [4.78, 5) is 0. The van der Waals surface area contributed by atoms with Gasteiger partial charge in [0.1, 0.15) is 0 Å². The van der Waals surface area contributed by atoms with Gasteiger partial charge in [0.25, 0.3) is 0 Å². The van der Waals surface area contributed by atoms with Crippen LogP contribution in [-0.4, -0.2) is 31.2 Å². The minimum absolute atomic E-state index is 0.0212. The molecule has 2 atom stereocenters. The van der Waals surface area contributed by atoms with Gasteiger partial charge in [-0.15, -0.1) is 13.0 Å². The number of unbranched alkanes of at least 4 members (excludes halogenated alkanes) is 4. The maximum Gasteiger partial charge on any atom is 0.163 e. The van der Waals surface area contributed by atoms with Gasteiger partial charge in [0.15, 0.2) is 5.79 Å². The highest BCUT2D eigenvalue weighted by atomic mass is 16.7. The first-order valence-corrected chi connectivity index (χ1v) is 9.22. The fourth-order valence-electron chi connectivity index (χ4n) is 3.00. The largest absolute Gasteiger partial charge is 0.373 e. The van der Waals surface area contributed by atoms with E-state index in [1.807, 2.05) is 19.9 Å². The zero-order valence-corrected chi connectivity index (χ0v) is 15.7. The summed E-state index contributed by atoms with van der Waals surface area (Å²) < 4.78 is 17.6. The van der Waals surface area contributed by atoms with Crippen molar-refractivity contribution in [2.45, 2.75) is 83.7 Å². The molecule has 24 heavy (non-hydrogen) atoms. The summed E-state index contributed by atoms with van der Waals surface area (Å²) in [5, 5.41) is 0. The van der Waals surface area contributed by atoms with Crippen LogP contribution in [0.15, 0.2) is 24.3 Å². The summed E-state index contributed by atoms with van der Waals surface area (Å²) in [7, 11) is 0. The van der Waals surface area contributed by atoms with Crippen LogP contribution in [0.25, 0.3) is 0 Å². The van der Waals surface area contributed by atoms with E-state index in [-0.39, 0.29) is 12.2 Å². The highest BCUT2D eigenvalue weighted by Gasteiger charge is 2.40. The Hall–Kier alpha value is -1.08. The van der Waals surface area contributed by atoms with Crippen molar-refractivity contribution in [3.05, 3.63) is 24.3 Å². The van der Waals surface area contributed by atoms with Crippen molar-refractivity contribution in [3.63, 3.8) is 0 Å². The molecule has 1 saturated heterocycles. The molecule has 0 aromatic heterocycles. The van der Waals surface area contributed by atoms with Crippen LogP contribution in [0.3, 0.4) is 0 Å². The summed E-state index contributed by atoms with van der Waals surface area (Å²) in [5.74, 6) is 2.23. The fourth-order valence-corrected chi connectivity index (χ4v) is 3.00. The average molecular weight is 335 g/mol. The molecule has 0 aliphatic carbocycles. The molecule has 0 saturated carbocycles. The van der Waals surface area contributed by atoms with Crippen molar-refractivity contribution in [1.29, 1.82) is 0 Å². The summed E-state index contributed by atoms with van der Waals surface area (Å²) in [6, 6.07) is 0. The molecule has 1 aliphatic rings. The molecule has 136 valence electrons. The summed E-state index contributed by atoms with van der Waals surface area (Å²) in [6.07, 6.45) is 17.5. The van der Waals surface area contributed by atoms with Crippen molar-refractivity contribution in [1.82, 2.24) is 0 Å². The Morgan fingerprint density at radius 2 is 1.88 bits per heavy atom. The Labute approximate surface area is 148 Å². The Balaban J connectivity index is 2.51. The van der Waals surface area contributed by atoms with Gasteiger partial charge in [-0.05, 0) is 26.3 Å². The quantitative estimate of drug-likeness (QED) is 0.285. The van der Waals surface area contributed by atoms with E-state index in [0.717, 1.165) is 12.0 Å². The number of terminal acetylenes is 1. The van der Waals surface area contributed by atoms with Crippen molar-refractivity contribution < 1.29 is 14.2 Å². The van der Waals surface area contributed by atoms with Crippen molar-refractivity contribution >= 4 is 0 Å². The van der Waals surface area contributed by atoms with E-state index in [2.05, 4.69) is 19.4 Å². The molecule has 0 unspecified atom stereocenters. The van der Waals surface area contributed by atoms with E-state index in [1.54, 1.807) is 6.08 Å². The maximum atomic E-state index is 6.09. The first-order chi connectivity index (χ1) is 11.5. The van der Waals surface area contributed by atoms with Crippen molar-refractivity contribution in [2.75, 3.05) is 13.2 Å². The molecule has 0 spiro atoms. The van der Waals surface area contributed by atoms with Gasteiger partial charge in [0, 0.05) is 12.0 Å². The van der Waals surface area contributed by atoms with Gasteiger partial charge < -0.3 is 14.2 Å². The van der Waals surface area contributed by atoms with Gasteiger partial charge in [-0.3, -0.25) is 0 Å². The van der Waals surface area contributed by atoms with Gasteiger partial charge in [0.05, 0.1) is 25.4 Å². The minimum atomic E-state index is -0.530. The molecule has 0 aromatic rings. The summed E-state index contributed by atoms with van der Waals surface area (Å²) in [5.41, 5.74) is 0.918. The Kier molecular flexibility index (Phi) is 10.0. The van der Waals surface area contributed by atoms with E-state index >= 15 is 0 Å². The van der Waals surface area contributed by atoms with Crippen LogP contribution in [0.1, 0.15) is 65.7 Å². The lowest BCUT2D eigenvalue weighted by Gasteiger charge is -2.16. The monoisotopic (exact) mass is 334 g/mol. The first kappa shape index (κ1) is 21.0. The highest BCUT2D eigenvalue weighted by Crippen LogP contribution is 2.34. The Morgan fingerprint density at radius 1 is 1.17 bits per heavy atom. The molecule has 3 nitrogen and oxygen atoms in total. The van der Waals surface area contributed by atoms with Crippen molar-refractivity contribution in [3.8, 4) is 12.3 Å². The lowest BCUT2D eigenvalue weighted by atomic mass is 9.99. The van der Waals surface area contributed by atoms with E-state index in [9.17, 15) is 0 Å². The van der Waals surface area contributed by atoms with Crippen molar-refractivity contribution in [2.24, 2.45) is 0 Å². The number of ether oxygens (including phenoxy) is 3. The van der Waals surface area contributed by atoms with Crippen LogP contribution < -0.4 is 0 Å². The van der Waals surface area contributed by atoms with Crippen LogP contribution in [0, 0.1) is 12.3 Å². The first-order valence-electron chi connectivity index (χ1n) is 9.22. The fraction of sp³-hybridized carbons (Fsp3) is 0.714. The maximum absolute atomic E-state index is 6.09. The zero-order chi connectivity index (χ0) is 17.8. The van der Waals surface area contributed by atoms with Crippen LogP contribution in [0.2, 0.25) is 0 Å². The van der Waals surface area contributed by atoms with Gasteiger partial charge in [-0.25, -0.2) is 0 Å². The zero-order valence-electron chi connectivity index (χ0n) is 15.7. The molecular formula is C21H34O3. The molecule has 3 heteroatoms. The normalized spacial score (nSPS) is 23.2. The van der Waals surface area contributed by atoms with Crippen LogP contribution in [0.4, 0.5) is 0 Å². The molecule has 0 N–H and O–H groups in total. The molecule has 1 aliphatic heterocycles. The minimum Gasteiger partial charge on any atom is -0.373 e. The number of hydrogen-bond donors (Lipinski definition) is 0. The third-order valence-corrected chi connectivity index (χ3v) is 4.17. The van der Waals surface area contributed by atoms with Crippen LogP contribution >= 0.6 is 0 Å². The second-order valence-electron chi connectivity index (χ2n) is 6.82. The lowest BCUT2D eigenvalue weighted by Crippen LogP contribution is -2.23.